The van der Waals surface area contributed by atoms with Crippen molar-refractivity contribution in [3.05, 3.63) is 63.2 Å². The lowest BCUT2D eigenvalue weighted by Crippen LogP contribution is -2.49. The predicted molar refractivity (Wildman–Crippen MR) is 101 cm³/mol. The summed E-state index contributed by atoms with van der Waals surface area (Å²) in [4.78, 5) is 11.2. The van der Waals surface area contributed by atoms with Gasteiger partial charge in [0.25, 0.3) is 5.69 Å². The molecule has 7 nitrogen and oxygen atoms in total. The molecule has 0 aromatic heterocycles. The van der Waals surface area contributed by atoms with Gasteiger partial charge in [0, 0.05) is 49.0 Å². The Bertz CT molecular complexity index is 1020. The summed E-state index contributed by atoms with van der Waals surface area (Å²) in [5.74, 6) is 0. The Labute approximate surface area is 169 Å². The van der Waals surface area contributed by atoms with Crippen LogP contribution < -0.4 is 4.90 Å². The van der Waals surface area contributed by atoms with Crippen molar-refractivity contribution >= 4 is 33.0 Å². The van der Waals surface area contributed by atoms with Crippen molar-refractivity contribution < 1.29 is 26.5 Å². The average Bonchev–Trinajstić information content (AvgIpc) is 2.67. The van der Waals surface area contributed by atoms with Crippen LogP contribution in [-0.4, -0.2) is 43.8 Å². The minimum Gasteiger partial charge on any atom is -0.369 e. The lowest BCUT2D eigenvalue weighted by Gasteiger charge is -2.35. The molecule has 0 saturated carbocycles. The molecule has 1 saturated heterocycles. The molecule has 0 aliphatic carbocycles. The number of hydrogen-bond acceptors (Lipinski definition) is 5. The first-order chi connectivity index (χ1) is 13.5. The number of alkyl halides is 3. The monoisotopic (exact) mass is 449 g/mol. The highest BCUT2D eigenvalue weighted by Crippen LogP contribution is 2.37. The summed E-state index contributed by atoms with van der Waals surface area (Å²) in [6.07, 6.45) is -4.87. The number of hydrogen-bond donors (Lipinski definition) is 0. The molecule has 3 rings (SSSR count). The maximum Gasteiger partial charge on any atom is 0.417 e. The molecule has 0 unspecified atom stereocenters. The standard InChI is InChI=1S/C17H15ClF3N3O4S/c18-12-1-6-16(15(11-12)17(19,20)21)29(27,28)23-9-7-22(8-10-23)13-2-4-14(5-3-13)24(25)26/h1-6,11H,7-10H2. The van der Waals surface area contributed by atoms with Gasteiger partial charge in [-0.3, -0.25) is 10.1 Å². The second kappa shape index (κ2) is 7.81. The van der Waals surface area contributed by atoms with E-state index in [0.717, 1.165) is 16.4 Å². The molecule has 0 radical (unpaired) electrons. The Morgan fingerprint density at radius 1 is 1.00 bits per heavy atom. The van der Waals surface area contributed by atoms with E-state index in [2.05, 4.69) is 0 Å². The van der Waals surface area contributed by atoms with Gasteiger partial charge in [-0.15, -0.1) is 0 Å². The van der Waals surface area contributed by atoms with E-state index in [1.165, 1.54) is 12.1 Å². The summed E-state index contributed by atoms with van der Waals surface area (Å²) < 4.78 is 66.5. The van der Waals surface area contributed by atoms with Crippen molar-refractivity contribution in [2.75, 3.05) is 31.1 Å². The molecule has 0 atom stereocenters. The number of anilines is 1. The molecule has 1 fully saturated rings. The van der Waals surface area contributed by atoms with Gasteiger partial charge in [-0.05, 0) is 30.3 Å². The van der Waals surface area contributed by atoms with Gasteiger partial charge >= 0.3 is 6.18 Å². The molecule has 2 aromatic rings. The van der Waals surface area contributed by atoms with Crippen LogP contribution in [0.4, 0.5) is 24.5 Å². The average molecular weight is 450 g/mol. The maximum atomic E-state index is 13.3. The number of benzene rings is 2. The highest BCUT2D eigenvalue weighted by atomic mass is 35.5. The highest BCUT2D eigenvalue weighted by Gasteiger charge is 2.40. The molecule has 0 spiro atoms. The quantitative estimate of drug-likeness (QED) is 0.524. The summed E-state index contributed by atoms with van der Waals surface area (Å²) in [6, 6.07) is 8.33. The van der Waals surface area contributed by atoms with Crippen molar-refractivity contribution in [2.45, 2.75) is 11.1 Å². The van der Waals surface area contributed by atoms with Crippen molar-refractivity contribution in [3.8, 4) is 0 Å². The van der Waals surface area contributed by atoms with Crippen LogP contribution in [0, 0.1) is 10.1 Å². The van der Waals surface area contributed by atoms with Crippen LogP contribution in [0.3, 0.4) is 0 Å². The van der Waals surface area contributed by atoms with E-state index in [9.17, 15) is 31.7 Å². The lowest BCUT2D eigenvalue weighted by atomic mass is 10.2. The maximum absolute atomic E-state index is 13.3. The minimum atomic E-state index is -4.87. The topological polar surface area (TPSA) is 83.8 Å². The molecule has 2 aromatic carbocycles. The van der Waals surface area contributed by atoms with E-state index >= 15 is 0 Å². The predicted octanol–water partition coefficient (Wildman–Crippen LogP) is 3.78. The molecular weight excluding hydrogens is 435 g/mol. The molecule has 1 aliphatic heterocycles. The van der Waals surface area contributed by atoms with Gasteiger partial charge in [-0.25, -0.2) is 8.42 Å². The Morgan fingerprint density at radius 2 is 1.59 bits per heavy atom. The summed E-state index contributed by atoms with van der Waals surface area (Å²) in [5, 5.41) is 10.5. The molecule has 0 bridgehead atoms. The number of halogens is 4. The number of nitrogens with zero attached hydrogens (tertiary/aromatic N) is 3. The van der Waals surface area contributed by atoms with Crippen molar-refractivity contribution in [2.24, 2.45) is 0 Å². The normalized spacial score (nSPS) is 16.1. The first kappa shape index (κ1) is 21.3. The van der Waals surface area contributed by atoms with Gasteiger partial charge in [-0.2, -0.15) is 17.5 Å². The van der Waals surface area contributed by atoms with E-state index in [1.54, 1.807) is 12.1 Å². The van der Waals surface area contributed by atoms with Gasteiger partial charge < -0.3 is 4.90 Å². The number of sulfonamides is 1. The third-order valence-corrected chi connectivity index (χ3v) is 6.72. The SMILES string of the molecule is O=[N+]([O-])c1ccc(N2CCN(S(=O)(=O)c3ccc(Cl)cc3C(F)(F)F)CC2)cc1. The third-order valence-electron chi connectivity index (χ3n) is 4.53. The van der Waals surface area contributed by atoms with Crippen LogP contribution in [0.15, 0.2) is 47.4 Å². The zero-order chi connectivity index (χ0) is 21.4. The fraction of sp³-hybridized carbons (Fsp3) is 0.294. The zero-order valence-corrected chi connectivity index (χ0v) is 16.3. The lowest BCUT2D eigenvalue weighted by molar-refractivity contribution is -0.384. The van der Waals surface area contributed by atoms with E-state index in [-0.39, 0.29) is 36.9 Å². The first-order valence-corrected chi connectivity index (χ1v) is 10.2. The molecule has 29 heavy (non-hydrogen) atoms. The van der Waals surface area contributed by atoms with Gasteiger partial charge in [0.05, 0.1) is 15.4 Å². The number of nitro benzene ring substituents is 1. The Morgan fingerprint density at radius 3 is 2.10 bits per heavy atom. The molecule has 1 aliphatic rings. The van der Waals surface area contributed by atoms with Crippen LogP contribution in [0.1, 0.15) is 5.56 Å². The second-order valence-electron chi connectivity index (χ2n) is 6.30. The number of piperazine rings is 1. The minimum absolute atomic E-state index is 0.0285. The van der Waals surface area contributed by atoms with Gasteiger partial charge in [0.1, 0.15) is 0 Å². The molecule has 1 heterocycles. The second-order valence-corrected chi connectivity index (χ2v) is 8.65. The van der Waals surface area contributed by atoms with Crippen LogP contribution in [0.25, 0.3) is 0 Å². The molecule has 12 heteroatoms. The van der Waals surface area contributed by atoms with Gasteiger partial charge in [0.15, 0.2) is 0 Å². The summed E-state index contributed by atoms with van der Waals surface area (Å²) in [5.41, 5.74) is -0.713. The largest absolute Gasteiger partial charge is 0.417 e. The van der Waals surface area contributed by atoms with Crippen molar-refractivity contribution in [3.63, 3.8) is 0 Å². The fourth-order valence-corrected chi connectivity index (χ4v) is 4.85. The highest BCUT2D eigenvalue weighted by molar-refractivity contribution is 7.89. The zero-order valence-electron chi connectivity index (χ0n) is 14.8. The molecular formula is C17H15ClF3N3O4S. The molecule has 0 amide bonds. The summed E-state index contributed by atoms with van der Waals surface area (Å²) in [7, 11) is -4.38. The Kier molecular flexibility index (Phi) is 5.74. The number of nitro groups is 1. The number of rotatable bonds is 4. The molecule has 156 valence electrons. The third kappa shape index (κ3) is 4.46. The summed E-state index contributed by atoms with van der Waals surface area (Å²) >= 11 is 5.62. The van der Waals surface area contributed by atoms with E-state index < -0.39 is 31.6 Å². The van der Waals surface area contributed by atoms with Crippen LogP contribution in [-0.2, 0) is 16.2 Å². The first-order valence-electron chi connectivity index (χ1n) is 8.36. The Hall–Kier alpha value is -2.37. The van der Waals surface area contributed by atoms with Gasteiger partial charge in [-0.1, -0.05) is 11.6 Å². The van der Waals surface area contributed by atoms with Crippen LogP contribution >= 0.6 is 11.6 Å². The fourth-order valence-electron chi connectivity index (χ4n) is 3.06. The van der Waals surface area contributed by atoms with Crippen molar-refractivity contribution in [1.82, 2.24) is 4.31 Å². The Balaban J connectivity index is 1.79. The smallest absolute Gasteiger partial charge is 0.369 e. The van der Waals surface area contributed by atoms with E-state index in [0.29, 0.717) is 11.8 Å². The van der Waals surface area contributed by atoms with Crippen molar-refractivity contribution in [1.29, 1.82) is 0 Å². The number of non-ortho nitro benzene ring substituents is 1. The van der Waals surface area contributed by atoms with E-state index in [4.69, 9.17) is 11.6 Å². The summed E-state index contributed by atoms with van der Waals surface area (Å²) in [6.45, 7) is 0.399. The van der Waals surface area contributed by atoms with Gasteiger partial charge in [0.2, 0.25) is 10.0 Å². The van der Waals surface area contributed by atoms with Crippen LogP contribution in [0.5, 0.6) is 0 Å². The molecule has 0 N–H and O–H groups in total. The van der Waals surface area contributed by atoms with Crippen LogP contribution in [0.2, 0.25) is 5.02 Å². The van der Waals surface area contributed by atoms with E-state index in [1.807, 2.05) is 4.90 Å².